The lowest BCUT2D eigenvalue weighted by molar-refractivity contribution is -0.128. The maximum atomic E-state index is 12.4. The fourth-order valence-corrected chi connectivity index (χ4v) is 3.88. The van der Waals surface area contributed by atoms with Crippen LogP contribution < -0.4 is 5.32 Å². The zero-order valence-corrected chi connectivity index (χ0v) is 15.0. The van der Waals surface area contributed by atoms with Gasteiger partial charge in [-0.3, -0.25) is 9.59 Å². The third-order valence-corrected chi connectivity index (χ3v) is 5.54. The van der Waals surface area contributed by atoms with Crippen LogP contribution in [0.25, 0.3) is 0 Å². The molecule has 3 rings (SSSR count). The molecule has 2 aromatic rings. The second kappa shape index (κ2) is 6.77. The second-order valence-electron chi connectivity index (χ2n) is 6.46. The third-order valence-electron chi connectivity index (χ3n) is 4.41. The van der Waals surface area contributed by atoms with Crippen molar-refractivity contribution in [1.29, 1.82) is 0 Å². The summed E-state index contributed by atoms with van der Waals surface area (Å²) in [7, 11) is 1.77. The molecule has 1 saturated carbocycles. The highest BCUT2D eigenvalue weighted by atomic mass is 32.1. The first kappa shape index (κ1) is 16.7. The molecule has 2 amide bonds. The summed E-state index contributed by atoms with van der Waals surface area (Å²) in [5.74, 6) is 0.557. The Balaban J connectivity index is 1.60. The standard InChI is InChI=1S/C19H22N2O2S/c1-12-7-8-18(24-12)16-10-17(16)19(23)20-15-6-4-5-14(9-15)11-21(3)13(2)22/h4-9,16-17H,10-11H2,1-3H3,(H,20,23)/t16-,17-/m0/s1. The van der Waals surface area contributed by atoms with Gasteiger partial charge >= 0.3 is 0 Å². The summed E-state index contributed by atoms with van der Waals surface area (Å²) in [5, 5.41) is 3.02. The van der Waals surface area contributed by atoms with Crippen LogP contribution in [0.3, 0.4) is 0 Å². The van der Waals surface area contributed by atoms with Crippen molar-refractivity contribution in [3.8, 4) is 0 Å². The van der Waals surface area contributed by atoms with Gasteiger partial charge in [0.25, 0.3) is 0 Å². The van der Waals surface area contributed by atoms with Crippen LogP contribution in [0.2, 0.25) is 0 Å². The van der Waals surface area contributed by atoms with Crippen LogP contribution in [0.1, 0.15) is 34.6 Å². The van der Waals surface area contributed by atoms with E-state index in [-0.39, 0.29) is 17.7 Å². The molecule has 1 aromatic carbocycles. The van der Waals surface area contributed by atoms with Gasteiger partial charge in [-0.15, -0.1) is 11.3 Å². The summed E-state index contributed by atoms with van der Waals surface area (Å²) in [6.45, 7) is 4.18. The largest absolute Gasteiger partial charge is 0.342 e. The quantitative estimate of drug-likeness (QED) is 0.899. The van der Waals surface area contributed by atoms with E-state index in [2.05, 4.69) is 24.4 Å². The van der Waals surface area contributed by atoms with Crippen molar-refractivity contribution < 1.29 is 9.59 Å². The lowest BCUT2D eigenvalue weighted by Gasteiger charge is -2.15. The number of benzene rings is 1. The zero-order chi connectivity index (χ0) is 17.3. The molecule has 0 aliphatic heterocycles. The molecular formula is C19H22N2O2S. The Labute approximate surface area is 146 Å². The fraction of sp³-hybridized carbons (Fsp3) is 0.368. The van der Waals surface area contributed by atoms with Gasteiger partial charge < -0.3 is 10.2 Å². The van der Waals surface area contributed by atoms with Crippen LogP contribution in [0, 0.1) is 12.8 Å². The molecule has 24 heavy (non-hydrogen) atoms. The molecule has 0 bridgehead atoms. The van der Waals surface area contributed by atoms with Crippen molar-refractivity contribution in [2.75, 3.05) is 12.4 Å². The number of anilines is 1. The Bertz CT molecular complexity index is 768. The van der Waals surface area contributed by atoms with Crippen molar-refractivity contribution in [2.45, 2.75) is 32.7 Å². The minimum absolute atomic E-state index is 0.0245. The molecule has 2 atom stereocenters. The number of hydrogen-bond acceptors (Lipinski definition) is 3. The predicted molar refractivity (Wildman–Crippen MR) is 97.1 cm³/mol. The van der Waals surface area contributed by atoms with E-state index in [1.807, 2.05) is 24.3 Å². The molecule has 1 N–H and O–H groups in total. The molecule has 1 aliphatic carbocycles. The number of nitrogens with one attached hydrogen (secondary N) is 1. The van der Waals surface area contributed by atoms with E-state index in [9.17, 15) is 9.59 Å². The van der Waals surface area contributed by atoms with Gasteiger partial charge in [-0.2, -0.15) is 0 Å². The first-order valence-electron chi connectivity index (χ1n) is 8.12. The Morgan fingerprint density at radius 1 is 1.29 bits per heavy atom. The summed E-state index contributed by atoms with van der Waals surface area (Å²) >= 11 is 1.78. The first-order valence-corrected chi connectivity index (χ1v) is 8.93. The molecule has 1 aliphatic rings. The Hall–Kier alpha value is -2.14. The van der Waals surface area contributed by atoms with E-state index in [4.69, 9.17) is 0 Å². The lowest BCUT2D eigenvalue weighted by atomic mass is 10.2. The smallest absolute Gasteiger partial charge is 0.228 e. The van der Waals surface area contributed by atoms with E-state index >= 15 is 0 Å². The summed E-state index contributed by atoms with van der Waals surface area (Å²) in [6.07, 6.45) is 0.929. The summed E-state index contributed by atoms with van der Waals surface area (Å²) in [5.41, 5.74) is 1.80. The van der Waals surface area contributed by atoms with Crippen LogP contribution in [0.15, 0.2) is 36.4 Å². The molecule has 0 spiro atoms. The van der Waals surface area contributed by atoms with E-state index in [0.717, 1.165) is 17.7 Å². The highest BCUT2D eigenvalue weighted by Gasteiger charge is 2.44. The number of aryl methyl sites for hydroxylation is 1. The molecule has 1 aromatic heterocycles. The Kier molecular flexibility index (Phi) is 4.71. The van der Waals surface area contributed by atoms with Gasteiger partial charge in [0.1, 0.15) is 0 Å². The molecule has 0 saturated heterocycles. The average molecular weight is 342 g/mol. The van der Waals surface area contributed by atoms with Crippen LogP contribution in [0.4, 0.5) is 5.69 Å². The van der Waals surface area contributed by atoms with Crippen LogP contribution >= 0.6 is 11.3 Å². The fourth-order valence-electron chi connectivity index (χ4n) is 2.82. The van der Waals surface area contributed by atoms with E-state index in [1.165, 1.54) is 9.75 Å². The molecule has 5 heteroatoms. The average Bonchev–Trinajstić information content (AvgIpc) is 3.22. The molecule has 126 valence electrons. The molecule has 1 fully saturated rings. The number of rotatable bonds is 5. The number of thiophene rings is 1. The summed E-state index contributed by atoms with van der Waals surface area (Å²) in [6, 6.07) is 11.9. The minimum atomic E-state index is 0.0245. The van der Waals surface area contributed by atoms with Gasteiger partial charge in [-0.05, 0) is 43.2 Å². The minimum Gasteiger partial charge on any atom is -0.342 e. The zero-order valence-electron chi connectivity index (χ0n) is 14.2. The first-order chi connectivity index (χ1) is 11.4. The number of carbonyl (C=O) groups is 2. The van der Waals surface area contributed by atoms with Crippen LogP contribution in [0.5, 0.6) is 0 Å². The van der Waals surface area contributed by atoms with Crippen LogP contribution in [-0.4, -0.2) is 23.8 Å². The number of carbonyl (C=O) groups excluding carboxylic acids is 2. The van der Waals surface area contributed by atoms with Crippen molar-refractivity contribution in [1.82, 2.24) is 4.90 Å². The maximum Gasteiger partial charge on any atom is 0.228 e. The normalized spacial score (nSPS) is 19.0. The molecular weight excluding hydrogens is 320 g/mol. The van der Waals surface area contributed by atoms with Crippen LogP contribution in [-0.2, 0) is 16.1 Å². The summed E-state index contributed by atoms with van der Waals surface area (Å²) in [4.78, 5) is 28.0. The lowest BCUT2D eigenvalue weighted by Crippen LogP contribution is -2.23. The predicted octanol–water partition coefficient (Wildman–Crippen LogP) is 3.78. The van der Waals surface area contributed by atoms with Gasteiger partial charge in [-0.1, -0.05) is 12.1 Å². The third kappa shape index (κ3) is 3.85. The van der Waals surface area contributed by atoms with Crippen molar-refractivity contribution in [3.05, 3.63) is 51.7 Å². The van der Waals surface area contributed by atoms with Crippen molar-refractivity contribution in [3.63, 3.8) is 0 Å². The highest BCUT2D eigenvalue weighted by molar-refractivity contribution is 7.12. The summed E-state index contributed by atoms with van der Waals surface area (Å²) < 4.78 is 0. The van der Waals surface area contributed by atoms with E-state index in [0.29, 0.717) is 12.5 Å². The van der Waals surface area contributed by atoms with Gasteiger partial charge in [0.15, 0.2) is 0 Å². The highest BCUT2D eigenvalue weighted by Crippen LogP contribution is 2.50. The van der Waals surface area contributed by atoms with Gasteiger partial charge in [0.05, 0.1) is 0 Å². The molecule has 1 heterocycles. The molecule has 0 unspecified atom stereocenters. The number of hydrogen-bond donors (Lipinski definition) is 1. The Morgan fingerprint density at radius 3 is 2.75 bits per heavy atom. The van der Waals surface area contributed by atoms with Gasteiger partial charge in [0.2, 0.25) is 11.8 Å². The van der Waals surface area contributed by atoms with Crippen molar-refractivity contribution >= 4 is 28.8 Å². The second-order valence-corrected chi connectivity index (χ2v) is 7.78. The van der Waals surface area contributed by atoms with Crippen molar-refractivity contribution in [2.24, 2.45) is 5.92 Å². The number of nitrogens with zero attached hydrogens (tertiary/aromatic N) is 1. The maximum absolute atomic E-state index is 12.4. The van der Waals surface area contributed by atoms with Gasteiger partial charge in [0, 0.05) is 47.8 Å². The molecule has 0 radical (unpaired) electrons. The SMILES string of the molecule is CC(=O)N(C)Cc1cccc(NC(=O)[C@H]2C[C@@H]2c2ccc(C)s2)c1. The Morgan fingerprint density at radius 2 is 2.08 bits per heavy atom. The van der Waals surface area contributed by atoms with Gasteiger partial charge in [-0.25, -0.2) is 0 Å². The molecule has 4 nitrogen and oxygen atoms in total. The topological polar surface area (TPSA) is 49.4 Å². The van der Waals surface area contributed by atoms with E-state index in [1.54, 1.807) is 30.2 Å². The van der Waals surface area contributed by atoms with E-state index < -0.39 is 0 Å². The monoisotopic (exact) mass is 342 g/mol. The number of amides is 2.